The molecule has 0 atom stereocenters. The third-order valence-corrected chi connectivity index (χ3v) is 7.22. The highest BCUT2D eigenvalue weighted by Gasteiger charge is 2.31. The summed E-state index contributed by atoms with van der Waals surface area (Å²) in [7, 11) is 0. The Hall–Kier alpha value is -3.58. The molecule has 2 amide bonds. The average molecular weight is 491 g/mol. The standard InChI is InChI=1S/C27H27ClN4O3/c28-23-3-1-2-19-17-32(27(35)25(19)23)21-4-5-24(33)22(16-21)26(34)30-13-6-18-9-14-31(15-10-18)20-7-11-29-12-8-20/h1-5,7-8,11-12,16,18,33H,6,9-10,13-15,17H2,(H,30,34). The Balaban J connectivity index is 1.17. The molecule has 2 aliphatic heterocycles. The van der Waals surface area contributed by atoms with Gasteiger partial charge in [-0.25, -0.2) is 0 Å². The predicted molar refractivity (Wildman–Crippen MR) is 136 cm³/mol. The molecule has 0 aliphatic carbocycles. The largest absolute Gasteiger partial charge is 0.507 e. The molecule has 1 saturated heterocycles. The molecule has 0 spiro atoms. The van der Waals surface area contributed by atoms with Crippen molar-refractivity contribution in [1.29, 1.82) is 0 Å². The summed E-state index contributed by atoms with van der Waals surface area (Å²) in [4.78, 5) is 33.8. The van der Waals surface area contributed by atoms with Crippen LogP contribution in [-0.4, -0.2) is 41.5 Å². The number of hydrogen-bond donors (Lipinski definition) is 2. The van der Waals surface area contributed by atoms with Crippen molar-refractivity contribution in [3.63, 3.8) is 0 Å². The lowest BCUT2D eigenvalue weighted by Crippen LogP contribution is -2.35. The van der Waals surface area contributed by atoms with Crippen LogP contribution in [0, 0.1) is 5.92 Å². The Labute approximate surface area is 209 Å². The van der Waals surface area contributed by atoms with Crippen molar-refractivity contribution in [2.24, 2.45) is 5.92 Å². The monoisotopic (exact) mass is 490 g/mol. The zero-order valence-corrected chi connectivity index (χ0v) is 20.0. The Morgan fingerprint density at radius 2 is 1.86 bits per heavy atom. The molecular weight excluding hydrogens is 464 g/mol. The molecule has 3 aromatic rings. The summed E-state index contributed by atoms with van der Waals surface area (Å²) in [6.45, 7) is 2.88. The molecule has 2 N–H and O–H groups in total. The molecule has 35 heavy (non-hydrogen) atoms. The molecule has 0 radical (unpaired) electrons. The highest BCUT2D eigenvalue weighted by atomic mass is 35.5. The fourth-order valence-corrected chi connectivity index (χ4v) is 5.19. The number of hydrogen-bond acceptors (Lipinski definition) is 5. The van der Waals surface area contributed by atoms with Gasteiger partial charge in [0.05, 0.1) is 22.7 Å². The van der Waals surface area contributed by atoms with E-state index in [1.807, 2.05) is 36.7 Å². The fourth-order valence-electron chi connectivity index (χ4n) is 4.92. The molecule has 0 saturated carbocycles. The topological polar surface area (TPSA) is 85.8 Å². The number of carbonyl (C=O) groups excluding carboxylic acids is 2. The van der Waals surface area contributed by atoms with Crippen LogP contribution in [0.2, 0.25) is 5.02 Å². The van der Waals surface area contributed by atoms with E-state index in [9.17, 15) is 14.7 Å². The van der Waals surface area contributed by atoms with Crippen LogP contribution in [-0.2, 0) is 6.54 Å². The second-order valence-electron chi connectivity index (χ2n) is 9.05. The van der Waals surface area contributed by atoms with Gasteiger partial charge < -0.3 is 20.2 Å². The summed E-state index contributed by atoms with van der Waals surface area (Å²) >= 11 is 6.23. The maximum atomic E-state index is 12.9. The Bertz CT molecular complexity index is 1240. The third-order valence-electron chi connectivity index (χ3n) is 6.90. The number of amides is 2. The number of aromatic hydroxyl groups is 1. The number of piperidine rings is 1. The lowest BCUT2D eigenvalue weighted by Gasteiger charge is -2.33. The summed E-state index contributed by atoms with van der Waals surface area (Å²) in [5.41, 5.74) is 3.24. The highest BCUT2D eigenvalue weighted by molar-refractivity contribution is 6.35. The van der Waals surface area contributed by atoms with Crippen molar-refractivity contribution < 1.29 is 14.7 Å². The number of fused-ring (bicyclic) bond motifs is 1. The van der Waals surface area contributed by atoms with Crippen LogP contribution in [0.25, 0.3) is 0 Å². The molecule has 1 fully saturated rings. The van der Waals surface area contributed by atoms with Crippen molar-refractivity contribution in [3.8, 4) is 5.75 Å². The quantitative estimate of drug-likeness (QED) is 0.526. The first-order chi connectivity index (χ1) is 17.0. The van der Waals surface area contributed by atoms with Gasteiger partial charge in [-0.1, -0.05) is 23.7 Å². The summed E-state index contributed by atoms with van der Waals surface area (Å²) in [5, 5.41) is 13.7. The minimum absolute atomic E-state index is 0.112. The van der Waals surface area contributed by atoms with Crippen LogP contribution >= 0.6 is 11.6 Å². The van der Waals surface area contributed by atoms with Gasteiger partial charge in [-0.05, 0) is 67.1 Å². The first-order valence-corrected chi connectivity index (χ1v) is 12.2. The van der Waals surface area contributed by atoms with Crippen LogP contribution in [0.4, 0.5) is 11.4 Å². The van der Waals surface area contributed by atoms with Gasteiger partial charge in [0.2, 0.25) is 0 Å². The zero-order chi connectivity index (χ0) is 24.4. The van der Waals surface area contributed by atoms with Crippen LogP contribution < -0.4 is 15.1 Å². The smallest absolute Gasteiger partial charge is 0.260 e. The Morgan fingerprint density at radius 3 is 2.60 bits per heavy atom. The normalized spacial score (nSPS) is 15.9. The van der Waals surface area contributed by atoms with Gasteiger partial charge in [-0.2, -0.15) is 0 Å². The average Bonchev–Trinajstić information content (AvgIpc) is 3.22. The van der Waals surface area contributed by atoms with Gasteiger partial charge in [0, 0.05) is 43.4 Å². The Kier molecular flexibility index (Phi) is 6.59. The van der Waals surface area contributed by atoms with Crippen molar-refractivity contribution in [1.82, 2.24) is 10.3 Å². The maximum Gasteiger partial charge on any atom is 0.260 e. The van der Waals surface area contributed by atoms with Crippen molar-refractivity contribution >= 4 is 34.8 Å². The second kappa shape index (κ2) is 9.96. The third kappa shape index (κ3) is 4.82. The zero-order valence-electron chi connectivity index (χ0n) is 19.3. The minimum Gasteiger partial charge on any atom is -0.507 e. The first-order valence-electron chi connectivity index (χ1n) is 11.9. The first kappa shape index (κ1) is 23.2. The molecule has 0 bridgehead atoms. The van der Waals surface area contributed by atoms with Crippen molar-refractivity contribution in [2.75, 3.05) is 29.4 Å². The van der Waals surface area contributed by atoms with E-state index in [-0.39, 0.29) is 23.1 Å². The molecule has 2 aliphatic rings. The Morgan fingerprint density at radius 1 is 1.09 bits per heavy atom. The molecule has 180 valence electrons. The van der Waals surface area contributed by atoms with E-state index in [1.54, 1.807) is 23.1 Å². The van der Waals surface area contributed by atoms with E-state index in [2.05, 4.69) is 15.2 Å². The van der Waals surface area contributed by atoms with E-state index in [0.717, 1.165) is 37.9 Å². The SMILES string of the molecule is O=C(NCCC1CCN(c2ccncc2)CC1)c1cc(N2Cc3cccc(Cl)c3C2=O)ccc1O. The second-order valence-corrected chi connectivity index (χ2v) is 9.45. The van der Waals surface area contributed by atoms with E-state index < -0.39 is 0 Å². The number of aromatic nitrogens is 1. The molecule has 0 unspecified atom stereocenters. The van der Waals surface area contributed by atoms with E-state index in [4.69, 9.17) is 11.6 Å². The van der Waals surface area contributed by atoms with E-state index >= 15 is 0 Å². The molecule has 5 rings (SSSR count). The van der Waals surface area contributed by atoms with E-state index in [1.165, 1.54) is 11.8 Å². The van der Waals surface area contributed by atoms with Crippen molar-refractivity contribution in [2.45, 2.75) is 25.8 Å². The molecule has 1 aromatic heterocycles. The van der Waals surface area contributed by atoms with Crippen LogP contribution in [0.5, 0.6) is 5.75 Å². The van der Waals surface area contributed by atoms with Crippen LogP contribution in [0.3, 0.4) is 0 Å². The number of phenols is 1. The number of anilines is 2. The van der Waals surface area contributed by atoms with Gasteiger partial charge in [-0.3, -0.25) is 14.6 Å². The number of phenolic OH excluding ortho intramolecular Hbond substituents is 1. The number of halogens is 1. The predicted octanol–water partition coefficient (Wildman–Crippen LogP) is 4.64. The van der Waals surface area contributed by atoms with Crippen LogP contribution in [0.15, 0.2) is 60.9 Å². The summed E-state index contributed by atoms with van der Waals surface area (Å²) in [6.07, 6.45) is 6.65. The van der Waals surface area contributed by atoms with Crippen molar-refractivity contribution in [3.05, 3.63) is 82.6 Å². The van der Waals surface area contributed by atoms with Gasteiger partial charge >= 0.3 is 0 Å². The molecular formula is C27H27ClN4O3. The molecule has 7 nitrogen and oxygen atoms in total. The number of benzene rings is 2. The lowest BCUT2D eigenvalue weighted by molar-refractivity contribution is 0.0945. The number of nitrogens with one attached hydrogen (secondary N) is 1. The minimum atomic E-state index is -0.347. The number of nitrogens with zero attached hydrogens (tertiary/aromatic N) is 3. The fraction of sp³-hybridized carbons (Fsp3) is 0.296. The lowest BCUT2D eigenvalue weighted by atomic mass is 9.93. The number of pyridine rings is 1. The molecule has 8 heteroatoms. The van der Waals surface area contributed by atoms with Gasteiger partial charge in [0.25, 0.3) is 11.8 Å². The van der Waals surface area contributed by atoms with Gasteiger partial charge in [0.1, 0.15) is 5.75 Å². The maximum absolute atomic E-state index is 12.9. The van der Waals surface area contributed by atoms with E-state index in [0.29, 0.717) is 35.3 Å². The van der Waals surface area contributed by atoms with Crippen LogP contribution in [0.1, 0.15) is 45.5 Å². The highest BCUT2D eigenvalue weighted by Crippen LogP contribution is 2.34. The summed E-state index contributed by atoms with van der Waals surface area (Å²) in [6, 6.07) is 14.1. The summed E-state index contributed by atoms with van der Waals surface area (Å²) < 4.78 is 0. The molecule has 2 aromatic carbocycles. The number of carbonyl (C=O) groups is 2. The van der Waals surface area contributed by atoms with Gasteiger partial charge in [-0.15, -0.1) is 0 Å². The number of rotatable bonds is 6. The molecule has 3 heterocycles. The van der Waals surface area contributed by atoms with Gasteiger partial charge in [0.15, 0.2) is 0 Å². The summed E-state index contributed by atoms with van der Waals surface area (Å²) in [5.74, 6) is -0.126.